The van der Waals surface area contributed by atoms with Crippen molar-refractivity contribution in [3.8, 4) is 0 Å². The van der Waals surface area contributed by atoms with Gasteiger partial charge < -0.3 is 10.1 Å². The number of likely N-dealkylation sites (tertiary alicyclic amines) is 1. The first-order valence-electron chi connectivity index (χ1n) is 7.03. The fraction of sp³-hybridized carbons (Fsp3) is 0.375. The van der Waals surface area contributed by atoms with Crippen molar-refractivity contribution in [3.05, 3.63) is 41.5 Å². The first kappa shape index (κ1) is 12.9. The number of oxime groups is 1. The molecule has 1 fully saturated rings. The molecule has 20 heavy (non-hydrogen) atoms. The molecule has 4 nitrogen and oxygen atoms in total. The lowest BCUT2D eigenvalue weighted by Gasteiger charge is -2.27. The summed E-state index contributed by atoms with van der Waals surface area (Å²) in [6.07, 6.45) is 4.92. The Kier molecular flexibility index (Phi) is 3.54. The molecule has 1 aliphatic heterocycles. The maximum Gasteiger partial charge on any atom is 0.227 e. The van der Waals surface area contributed by atoms with E-state index >= 15 is 0 Å². The number of carbonyl (C=O) groups is 1. The van der Waals surface area contributed by atoms with Gasteiger partial charge in [-0.05, 0) is 23.1 Å². The van der Waals surface area contributed by atoms with E-state index in [1.807, 2.05) is 17.0 Å². The fourth-order valence-corrected chi connectivity index (χ4v) is 2.91. The summed E-state index contributed by atoms with van der Waals surface area (Å²) in [4.78, 5) is 14.2. The van der Waals surface area contributed by atoms with Crippen molar-refractivity contribution >= 4 is 17.2 Å². The Morgan fingerprint density at radius 3 is 2.75 bits per heavy atom. The Morgan fingerprint density at radius 2 is 2.00 bits per heavy atom. The van der Waals surface area contributed by atoms with Crippen LogP contribution >= 0.6 is 0 Å². The predicted molar refractivity (Wildman–Crippen MR) is 77.8 cm³/mol. The molecule has 0 bridgehead atoms. The summed E-state index contributed by atoms with van der Waals surface area (Å²) in [5.74, 6) is 0.171. The van der Waals surface area contributed by atoms with Crippen LogP contribution in [0.5, 0.6) is 0 Å². The number of allylic oxidation sites excluding steroid dienone is 1. The van der Waals surface area contributed by atoms with Gasteiger partial charge in [0.1, 0.15) is 0 Å². The average Bonchev–Trinajstić information content (AvgIpc) is 2.91. The van der Waals surface area contributed by atoms with Crippen LogP contribution in [0.25, 0.3) is 5.57 Å². The summed E-state index contributed by atoms with van der Waals surface area (Å²) in [6, 6.07) is 8.27. The zero-order valence-electron chi connectivity index (χ0n) is 11.4. The van der Waals surface area contributed by atoms with Crippen molar-refractivity contribution in [3.63, 3.8) is 0 Å². The van der Waals surface area contributed by atoms with Crippen molar-refractivity contribution < 1.29 is 10.0 Å². The van der Waals surface area contributed by atoms with Gasteiger partial charge in [-0.15, -0.1) is 0 Å². The van der Waals surface area contributed by atoms with Gasteiger partial charge in [0.15, 0.2) is 0 Å². The number of fused-ring (bicyclic) bond motifs is 1. The Labute approximate surface area is 118 Å². The number of hydrogen-bond acceptors (Lipinski definition) is 3. The SMILES string of the molecule is O=C(CC1=CCc2ccccc21)N1CCC(=NO)CC1. The van der Waals surface area contributed by atoms with Crippen LogP contribution in [-0.2, 0) is 11.2 Å². The van der Waals surface area contributed by atoms with E-state index in [4.69, 9.17) is 5.21 Å². The molecule has 1 saturated heterocycles. The number of hydrogen-bond donors (Lipinski definition) is 1. The highest BCUT2D eigenvalue weighted by Gasteiger charge is 2.23. The van der Waals surface area contributed by atoms with Gasteiger partial charge in [0.2, 0.25) is 5.91 Å². The minimum Gasteiger partial charge on any atom is -0.411 e. The molecule has 2 aliphatic rings. The molecule has 0 atom stereocenters. The Hall–Kier alpha value is -2.10. The van der Waals surface area contributed by atoms with Gasteiger partial charge in [-0.25, -0.2) is 0 Å². The van der Waals surface area contributed by atoms with Gasteiger partial charge in [-0.1, -0.05) is 35.5 Å². The van der Waals surface area contributed by atoms with E-state index in [1.54, 1.807) is 0 Å². The summed E-state index contributed by atoms with van der Waals surface area (Å²) < 4.78 is 0. The monoisotopic (exact) mass is 270 g/mol. The maximum absolute atomic E-state index is 12.3. The molecule has 0 saturated carbocycles. The van der Waals surface area contributed by atoms with Crippen LogP contribution in [0.2, 0.25) is 0 Å². The molecule has 4 heteroatoms. The van der Waals surface area contributed by atoms with Crippen LogP contribution in [0.15, 0.2) is 35.5 Å². The van der Waals surface area contributed by atoms with E-state index in [-0.39, 0.29) is 5.91 Å². The topological polar surface area (TPSA) is 52.9 Å². The molecule has 0 spiro atoms. The molecule has 1 aromatic rings. The zero-order chi connectivity index (χ0) is 13.9. The predicted octanol–water partition coefficient (Wildman–Crippen LogP) is 2.47. The van der Waals surface area contributed by atoms with Gasteiger partial charge in [-0.2, -0.15) is 0 Å². The summed E-state index contributed by atoms with van der Waals surface area (Å²) >= 11 is 0. The third-order valence-corrected chi connectivity index (χ3v) is 4.11. The summed E-state index contributed by atoms with van der Waals surface area (Å²) in [5, 5.41) is 12.0. The standard InChI is InChI=1S/C16H18N2O2/c19-16(18-9-7-14(17-20)8-10-18)11-13-6-5-12-3-1-2-4-15(12)13/h1-4,6,20H,5,7-11H2. The lowest BCUT2D eigenvalue weighted by Crippen LogP contribution is -2.38. The maximum atomic E-state index is 12.3. The van der Waals surface area contributed by atoms with Crippen LogP contribution < -0.4 is 0 Å². The number of rotatable bonds is 2. The smallest absolute Gasteiger partial charge is 0.227 e. The third kappa shape index (κ3) is 2.46. The molecule has 0 radical (unpaired) electrons. The molecule has 0 aromatic heterocycles. The second-order valence-electron chi connectivity index (χ2n) is 5.31. The highest BCUT2D eigenvalue weighted by Crippen LogP contribution is 2.30. The van der Waals surface area contributed by atoms with Crippen LogP contribution in [0.4, 0.5) is 0 Å². The van der Waals surface area contributed by atoms with Crippen LogP contribution in [0.1, 0.15) is 30.4 Å². The summed E-state index contributed by atoms with van der Waals surface area (Å²) in [5.41, 5.74) is 4.46. The van der Waals surface area contributed by atoms with Gasteiger partial charge >= 0.3 is 0 Å². The van der Waals surface area contributed by atoms with E-state index in [2.05, 4.69) is 23.4 Å². The minimum atomic E-state index is 0.171. The van der Waals surface area contributed by atoms with Crippen LogP contribution in [0, 0.1) is 0 Å². The zero-order valence-corrected chi connectivity index (χ0v) is 11.4. The number of amides is 1. The highest BCUT2D eigenvalue weighted by atomic mass is 16.4. The van der Waals surface area contributed by atoms with Crippen molar-refractivity contribution in [2.24, 2.45) is 5.16 Å². The van der Waals surface area contributed by atoms with Gasteiger partial charge in [0.25, 0.3) is 0 Å². The van der Waals surface area contributed by atoms with Gasteiger partial charge in [-0.3, -0.25) is 4.79 Å². The molecule has 1 amide bonds. The van der Waals surface area contributed by atoms with Gasteiger partial charge in [0.05, 0.1) is 12.1 Å². The number of nitrogens with zero attached hydrogens (tertiary/aromatic N) is 2. The minimum absolute atomic E-state index is 0.171. The summed E-state index contributed by atoms with van der Waals surface area (Å²) in [7, 11) is 0. The Morgan fingerprint density at radius 1 is 1.25 bits per heavy atom. The highest BCUT2D eigenvalue weighted by molar-refractivity contribution is 5.92. The summed E-state index contributed by atoms with van der Waals surface area (Å²) in [6.45, 7) is 1.32. The van der Waals surface area contributed by atoms with Gasteiger partial charge in [0, 0.05) is 25.9 Å². The molecule has 1 heterocycles. The second-order valence-corrected chi connectivity index (χ2v) is 5.31. The quantitative estimate of drug-likeness (QED) is 0.663. The largest absolute Gasteiger partial charge is 0.411 e. The molecular formula is C16H18N2O2. The molecule has 104 valence electrons. The van der Waals surface area contributed by atoms with Crippen molar-refractivity contribution in [2.45, 2.75) is 25.7 Å². The number of benzene rings is 1. The molecule has 1 N–H and O–H groups in total. The molecular weight excluding hydrogens is 252 g/mol. The molecule has 0 unspecified atom stereocenters. The fourth-order valence-electron chi connectivity index (χ4n) is 2.91. The molecule has 1 aromatic carbocycles. The van der Waals surface area contributed by atoms with E-state index in [1.165, 1.54) is 11.1 Å². The lowest BCUT2D eigenvalue weighted by atomic mass is 10.0. The third-order valence-electron chi connectivity index (χ3n) is 4.11. The van der Waals surface area contributed by atoms with E-state index < -0.39 is 0 Å². The van der Waals surface area contributed by atoms with E-state index in [9.17, 15) is 4.79 Å². The second kappa shape index (κ2) is 5.49. The lowest BCUT2D eigenvalue weighted by molar-refractivity contribution is -0.130. The molecule has 3 rings (SSSR count). The number of piperidine rings is 1. The van der Waals surface area contributed by atoms with E-state index in [0.29, 0.717) is 32.4 Å². The first-order valence-corrected chi connectivity index (χ1v) is 7.03. The number of carbonyl (C=O) groups excluding carboxylic acids is 1. The Bertz CT molecular complexity index is 580. The average molecular weight is 270 g/mol. The van der Waals surface area contributed by atoms with Crippen molar-refractivity contribution in [2.75, 3.05) is 13.1 Å². The van der Waals surface area contributed by atoms with Crippen LogP contribution in [-0.4, -0.2) is 34.8 Å². The Balaban J connectivity index is 1.64. The molecule has 1 aliphatic carbocycles. The first-order chi connectivity index (χ1) is 9.78. The van der Waals surface area contributed by atoms with Crippen LogP contribution in [0.3, 0.4) is 0 Å². The van der Waals surface area contributed by atoms with Crippen molar-refractivity contribution in [1.29, 1.82) is 0 Å². The normalized spacial score (nSPS) is 17.7. The van der Waals surface area contributed by atoms with Crippen molar-refractivity contribution in [1.82, 2.24) is 4.90 Å². The van der Waals surface area contributed by atoms with E-state index in [0.717, 1.165) is 17.7 Å².